The lowest BCUT2D eigenvalue weighted by atomic mass is 9.76. The Morgan fingerprint density at radius 3 is 1.37 bits per heavy atom. The number of benzene rings is 9. The average Bonchev–Trinajstić information content (AvgIpc) is 3.57. The van der Waals surface area contributed by atoms with Gasteiger partial charge >= 0.3 is 0 Å². The molecule has 0 amide bonds. The third-order valence-electron chi connectivity index (χ3n) is 12.8. The molecule has 0 aliphatic heterocycles. The van der Waals surface area contributed by atoms with E-state index >= 15 is 0 Å². The van der Waals surface area contributed by atoms with Crippen molar-refractivity contribution in [3.63, 3.8) is 0 Å². The van der Waals surface area contributed by atoms with E-state index in [9.17, 15) is 0 Å². The Morgan fingerprint density at radius 1 is 0.296 bits per heavy atom. The van der Waals surface area contributed by atoms with Crippen LogP contribution in [0.2, 0.25) is 0 Å². The van der Waals surface area contributed by atoms with Crippen molar-refractivity contribution < 1.29 is 0 Å². The van der Waals surface area contributed by atoms with Gasteiger partial charge in [0.2, 0.25) is 0 Å². The lowest BCUT2D eigenvalue weighted by Gasteiger charge is -2.27. The molecule has 0 saturated carbocycles. The molecule has 0 atom stereocenters. The Labute approximate surface area is 317 Å². The molecule has 9 aromatic rings. The largest absolute Gasteiger partial charge is 0.0622 e. The minimum absolute atomic E-state index is 0.112. The Balaban J connectivity index is 1.11. The SMILES string of the molecule is CC1(C)c2cc(-c3c4c(cc5ccccc35)-c3ccccc3C4(C)C)ccc2-c2ccc(-c3c4ccccc4c(-c4ccccc4)c4ccccc34)cc21. The van der Waals surface area contributed by atoms with Gasteiger partial charge in [-0.15, -0.1) is 0 Å². The molecule has 256 valence electrons. The summed E-state index contributed by atoms with van der Waals surface area (Å²) in [6.07, 6.45) is 0. The van der Waals surface area contributed by atoms with Crippen molar-refractivity contribution in [2.75, 3.05) is 0 Å². The highest BCUT2D eigenvalue weighted by atomic mass is 14.4. The van der Waals surface area contributed by atoms with Gasteiger partial charge in [-0.3, -0.25) is 0 Å². The second-order valence-electron chi connectivity index (χ2n) is 16.4. The van der Waals surface area contributed by atoms with Crippen molar-refractivity contribution in [2.45, 2.75) is 38.5 Å². The molecule has 9 aromatic carbocycles. The maximum Gasteiger partial charge on any atom is 0.0165 e. The quantitative estimate of drug-likeness (QED) is 0.162. The molecule has 0 N–H and O–H groups in total. The van der Waals surface area contributed by atoms with E-state index in [-0.39, 0.29) is 10.8 Å². The summed E-state index contributed by atoms with van der Waals surface area (Å²) in [7, 11) is 0. The van der Waals surface area contributed by atoms with Gasteiger partial charge < -0.3 is 0 Å². The van der Waals surface area contributed by atoms with Gasteiger partial charge in [0, 0.05) is 10.8 Å². The molecular weight excluding hydrogens is 649 g/mol. The second-order valence-corrected chi connectivity index (χ2v) is 16.4. The topological polar surface area (TPSA) is 0 Å². The zero-order chi connectivity index (χ0) is 36.3. The van der Waals surface area contributed by atoms with Crippen molar-refractivity contribution in [1.82, 2.24) is 0 Å². The first kappa shape index (κ1) is 31.3. The monoisotopic (exact) mass is 688 g/mol. The maximum atomic E-state index is 2.52. The Kier molecular flexibility index (Phi) is 6.46. The fraction of sp³-hybridized carbons (Fsp3) is 0.111. The van der Waals surface area contributed by atoms with E-state index in [1.165, 1.54) is 110 Å². The molecule has 2 aliphatic carbocycles. The van der Waals surface area contributed by atoms with E-state index in [2.05, 4.69) is 198 Å². The van der Waals surface area contributed by atoms with Crippen LogP contribution in [0.15, 0.2) is 170 Å². The van der Waals surface area contributed by atoms with Crippen LogP contribution < -0.4 is 0 Å². The third-order valence-corrected chi connectivity index (χ3v) is 12.8. The first-order valence-electron chi connectivity index (χ1n) is 19.3. The molecule has 0 aromatic heterocycles. The van der Waals surface area contributed by atoms with Gasteiger partial charge in [-0.25, -0.2) is 0 Å². The summed E-state index contributed by atoms with van der Waals surface area (Å²) in [4.78, 5) is 0. The van der Waals surface area contributed by atoms with E-state index < -0.39 is 0 Å². The summed E-state index contributed by atoms with van der Waals surface area (Å²) >= 11 is 0. The van der Waals surface area contributed by atoms with Crippen molar-refractivity contribution in [3.05, 3.63) is 192 Å². The molecule has 0 nitrogen and oxygen atoms in total. The minimum Gasteiger partial charge on any atom is -0.0622 e. The van der Waals surface area contributed by atoms with Crippen LogP contribution in [0.3, 0.4) is 0 Å². The van der Waals surface area contributed by atoms with Crippen LogP contribution in [0.1, 0.15) is 49.9 Å². The summed E-state index contributed by atoms with van der Waals surface area (Å²) in [5.41, 5.74) is 18.6. The fourth-order valence-electron chi connectivity index (χ4n) is 10.3. The molecule has 0 radical (unpaired) electrons. The van der Waals surface area contributed by atoms with Gasteiger partial charge in [-0.2, -0.15) is 0 Å². The number of fused-ring (bicyclic) bond motifs is 9. The summed E-state index contributed by atoms with van der Waals surface area (Å²) in [5.74, 6) is 0. The molecule has 0 heteroatoms. The highest BCUT2D eigenvalue weighted by Gasteiger charge is 2.40. The van der Waals surface area contributed by atoms with Crippen molar-refractivity contribution in [2.24, 2.45) is 0 Å². The van der Waals surface area contributed by atoms with E-state index in [1.807, 2.05) is 0 Å². The number of hydrogen-bond donors (Lipinski definition) is 0. The smallest absolute Gasteiger partial charge is 0.0165 e. The van der Waals surface area contributed by atoms with Gasteiger partial charge in [0.05, 0.1) is 0 Å². The van der Waals surface area contributed by atoms with Crippen LogP contribution >= 0.6 is 0 Å². The predicted molar refractivity (Wildman–Crippen MR) is 230 cm³/mol. The molecule has 0 unspecified atom stereocenters. The van der Waals surface area contributed by atoms with Gasteiger partial charge in [-0.05, 0) is 128 Å². The molecule has 0 fully saturated rings. The number of hydrogen-bond acceptors (Lipinski definition) is 0. The van der Waals surface area contributed by atoms with Crippen LogP contribution in [0.25, 0.3) is 88.0 Å². The molecule has 2 aliphatic rings. The Hall–Kier alpha value is -6.24. The number of rotatable bonds is 3. The molecule has 54 heavy (non-hydrogen) atoms. The third kappa shape index (κ3) is 4.20. The molecule has 11 rings (SSSR count). The first-order valence-corrected chi connectivity index (χ1v) is 19.3. The highest BCUT2D eigenvalue weighted by Crippen LogP contribution is 2.56. The molecular formula is C54H40. The standard InChI is InChI=1S/C54H40/c1-53(2)47-31-35(50-43-23-12-10-21-41(43)49(33-16-6-5-7-17-33)42-22-11-13-24-44(42)50)26-28-39(47)40-29-27-36(32-48(40)53)51-37-19-9-8-18-34(37)30-45-38-20-14-15-25-46(38)54(3,4)52(45)51/h5-32H,1-4H3. The Bertz CT molecular complexity index is 2970. The van der Waals surface area contributed by atoms with Crippen LogP contribution in [0.4, 0.5) is 0 Å². The van der Waals surface area contributed by atoms with Crippen molar-refractivity contribution in [3.8, 4) is 55.6 Å². The Morgan fingerprint density at radius 2 is 0.759 bits per heavy atom. The molecule has 0 bridgehead atoms. The molecule has 0 spiro atoms. The van der Waals surface area contributed by atoms with E-state index in [0.717, 1.165) is 0 Å². The first-order chi connectivity index (χ1) is 26.3. The zero-order valence-corrected chi connectivity index (χ0v) is 31.2. The lowest BCUT2D eigenvalue weighted by molar-refractivity contribution is 0.659. The average molecular weight is 689 g/mol. The fourth-order valence-corrected chi connectivity index (χ4v) is 10.3. The summed E-state index contributed by atoms with van der Waals surface area (Å²) in [6.45, 7) is 9.66. The normalized spacial score (nSPS) is 14.6. The molecule has 0 saturated heterocycles. The molecule has 0 heterocycles. The van der Waals surface area contributed by atoms with Gasteiger partial charge in [0.1, 0.15) is 0 Å². The second kappa shape index (κ2) is 11.1. The van der Waals surface area contributed by atoms with Gasteiger partial charge in [-0.1, -0.05) is 179 Å². The van der Waals surface area contributed by atoms with Crippen molar-refractivity contribution >= 4 is 32.3 Å². The predicted octanol–water partition coefficient (Wildman–Crippen LogP) is 14.8. The van der Waals surface area contributed by atoms with E-state index in [1.54, 1.807) is 0 Å². The highest BCUT2D eigenvalue weighted by molar-refractivity contribution is 6.21. The van der Waals surface area contributed by atoms with Crippen LogP contribution in [-0.2, 0) is 10.8 Å². The van der Waals surface area contributed by atoms with E-state index in [4.69, 9.17) is 0 Å². The van der Waals surface area contributed by atoms with Crippen molar-refractivity contribution in [1.29, 1.82) is 0 Å². The maximum absolute atomic E-state index is 2.52. The zero-order valence-electron chi connectivity index (χ0n) is 31.2. The van der Waals surface area contributed by atoms with Gasteiger partial charge in [0.15, 0.2) is 0 Å². The summed E-state index contributed by atoms with van der Waals surface area (Å²) in [5, 5.41) is 7.78. The summed E-state index contributed by atoms with van der Waals surface area (Å²) < 4.78 is 0. The van der Waals surface area contributed by atoms with E-state index in [0.29, 0.717) is 0 Å². The van der Waals surface area contributed by atoms with Gasteiger partial charge in [0.25, 0.3) is 0 Å². The van der Waals surface area contributed by atoms with Crippen LogP contribution in [-0.4, -0.2) is 0 Å². The van der Waals surface area contributed by atoms with Crippen LogP contribution in [0, 0.1) is 0 Å². The lowest BCUT2D eigenvalue weighted by Crippen LogP contribution is -2.17. The minimum atomic E-state index is -0.182. The summed E-state index contributed by atoms with van der Waals surface area (Å²) in [6, 6.07) is 63.8. The van der Waals surface area contributed by atoms with Crippen LogP contribution in [0.5, 0.6) is 0 Å².